The maximum Gasteiger partial charge on any atom is 0.245 e. The number of aromatic nitrogens is 3. The van der Waals surface area contributed by atoms with Crippen LogP contribution in [0.3, 0.4) is 0 Å². The molecule has 1 rings (SSSR count). The minimum Gasteiger partial charge on any atom is -0.339 e. The summed E-state index contributed by atoms with van der Waals surface area (Å²) in [5.41, 5.74) is 7.68. The molecule has 0 atom stereocenters. The standard InChI is InChI=1S/C14H27N5/c1-5-12-13(6-2)17-18-14(16-12)19(9-7-8-15)10-11(3)4/h11H,5-10,15H2,1-4H3. The smallest absolute Gasteiger partial charge is 0.245 e. The number of rotatable bonds is 8. The number of hydrogen-bond donors (Lipinski definition) is 1. The fourth-order valence-electron chi connectivity index (χ4n) is 2.06. The first-order valence-electron chi connectivity index (χ1n) is 7.29. The molecule has 1 heterocycles. The van der Waals surface area contributed by atoms with Crippen molar-refractivity contribution >= 4 is 5.95 Å². The van der Waals surface area contributed by atoms with Crippen LogP contribution < -0.4 is 10.6 Å². The first-order chi connectivity index (χ1) is 9.12. The molecule has 0 fully saturated rings. The van der Waals surface area contributed by atoms with E-state index in [0.29, 0.717) is 12.5 Å². The molecule has 108 valence electrons. The predicted molar refractivity (Wildman–Crippen MR) is 79.3 cm³/mol. The highest BCUT2D eigenvalue weighted by Crippen LogP contribution is 2.13. The van der Waals surface area contributed by atoms with Gasteiger partial charge in [-0.25, -0.2) is 4.98 Å². The van der Waals surface area contributed by atoms with Crippen LogP contribution in [0.2, 0.25) is 0 Å². The summed E-state index contributed by atoms with van der Waals surface area (Å²) >= 11 is 0. The number of nitrogens with two attached hydrogens (primary N) is 1. The van der Waals surface area contributed by atoms with Crippen LogP contribution in [0.25, 0.3) is 0 Å². The highest BCUT2D eigenvalue weighted by Gasteiger charge is 2.14. The van der Waals surface area contributed by atoms with Gasteiger partial charge in [0, 0.05) is 13.1 Å². The predicted octanol–water partition coefficient (Wildman–Crippen LogP) is 1.81. The second-order valence-electron chi connectivity index (χ2n) is 5.19. The Bertz CT molecular complexity index is 378. The molecule has 5 heteroatoms. The van der Waals surface area contributed by atoms with E-state index in [1.165, 1.54) is 0 Å². The largest absolute Gasteiger partial charge is 0.339 e. The molecule has 0 radical (unpaired) electrons. The summed E-state index contributed by atoms with van der Waals surface area (Å²) in [7, 11) is 0. The molecule has 0 unspecified atom stereocenters. The maximum atomic E-state index is 5.60. The summed E-state index contributed by atoms with van der Waals surface area (Å²) in [6.45, 7) is 11.1. The molecule has 19 heavy (non-hydrogen) atoms. The third-order valence-electron chi connectivity index (χ3n) is 3.00. The molecular weight excluding hydrogens is 238 g/mol. The highest BCUT2D eigenvalue weighted by atomic mass is 15.3. The zero-order valence-corrected chi connectivity index (χ0v) is 12.7. The lowest BCUT2D eigenvalue weighted by molar-refractivity contribution is 0.584. The van der Waals surface area contributed by atoms with E-state index < -0.39 is 0 Å². The molecule has 0 bridgehead atoms. The second-order valence-corrected chi connectivity index (χ2v) is 5.19. The fourth-order valence-corrected chi connectivity index (χ4v) is 2.06. The van der Waals surface area contributed by atoms with Crippen molar-refractivity contribution in [3.8, 4) is 0 Å². The zero-order chi connectivity index (χ0) is 14.3. The minimum atomic E-state index is 0.567. The number of nitrogens with zero attached hydrogens (tertiary/aromatic N) is 4. The maximum absolute atomic E-state index is 5.60. The van der Waals surface area contributed by atoms with Gasteiger partial charge in [-0.05, 0) is 31.7 Å². The Hall–Kier alpha value is -1.23. The van der Waals surface area contributed by atoms with Crippen molar-refractivity contribution in [1.29, 1.82) is 0 Å². The van der Waals surface area contributed by atoms with Crippen molar-refractivity contribution in [3.05, 3.63) is 11.4 Å². The molecule has 0 spiro atoms. The monoisotopic (exact) mass is 265 g/mol. The summed E-state index contributed by atoms with van der Waals surface area (Å²) in [6, 6.07) is 0. The molecular formula is C14H27N5. The summed E-state index contributed by atoms with van der Waals surface area (Å²) in [5.74, 6) is 1.31. The van der Waals surface area contributed by atoms with Crippen LogP contribution in [0.4, 0.5) is 5.95 Å². The molecule has 0 aromatic carbocycles. The first-order valence-corrected chi connectivity index (χ1v) is 7.29. The fraction of sp³-hybridized carbons (Fsp3) is 0.786. The number of aryl methyl sites for hydroxylation is 2. The lowest BCUT2D eigenvalue weighted by Gasteiger charge is -2.24. The Morgan fingerprint density at radius 3 is 2.32 bits per heavy atom. The van der Waals surface area contributed by atoms with Crippen molar-refractivity contribution in [2.24, 2.45) is 11.7 Å². The molecule has 0 saturated heterocycles. The Morgan fingerprint density at radius 1 is 1.11 bits per heavy atom. The van der Waals surface area contributed by atoms with Crippen LogP contribution >= 0.6 is 0 Å². The molecule has 1 aromatic rings. The van der Waals surface area contributed by atoms with Gasteiger partial charge in [-0.3, -0.25) is 0 Å². The Morgan fingerprint density at radius 2 is 1.79 bits per heavy atom. The van der Waals surface area contributed by atoms with E-state index >= 15 is 0 Å². The minimum absolute atomic E-state index is 0.567. The van der Waals surface area contributed by atoms with E-state index in [2.05, 4.69) is 47.8 Å². The number of hydrogen-bond acceptors (Lipinski definition) is 5. The number of anilines is 1. The topological polar surface area (TPSA) is 67.9 Å². The molecule has 5 nitrogen and oxygen atoms in total. The second kappa shape index (κ2) is 8.04. The molecule has 0 saturated carbocycles. The van der Waals surface area contributed by atoms with Crippen molar-refractivity contribution in [1.82, 2.24) is 15.2 Å². The summed E-state index contributed by atoms with van der Waals surface area (Å²) < 4.78 is 0. The van der Waals surface area contributed by atoms with Crippen molar-refractivity contribution in [2.75, 3.05) is 24.5 Å². The van der Waals surface area contributed by atoms with Crippen LogP contribution in [-0.2, 0) is 12.8 Å². The van der Waals surface area contributed by atoms with E-state index in [1.807, 2.05) is 0 Å². The van der Waals surface area contributed by atoms with E-state index in [9.17, 15) is 0 Å². The lowest BCUT2D eigenvalue weighted by atomic mass is 10.2. The van der Waals surface area contributed by atoms with Crippen molar-refractivity contribution in [3.63, 3.8) is 0 Å². The molecule has 0 aliphatic heterocycles. The summed E-state index contributed by atoms with van der Waals surface area (Å²) in [6.07, 6.45) is 2.74. The van der Waals surface area contributed by atoms with Gasteiger partial charge in [0.05, 0.1) is 11.4 Å². The third kappa shape index (κ3) is 4.74. The molecule has 0 amide bonds. The van der Waals surface area contributed by atoms with Crippen LogP contribution in [0.15, 0.2) is 0 Å². The first kappa shape index (κ1) is 15.8. The van der Waals surface area contributed by atoms with Gasteiger partial charge in [0.25, 0.3) is 0 Å². The van der Waals surface area contributed by atoms with Gasteiger partial charge in [0.2, 0.25) is 5.95 Å². The Balaban J connectivity index is 2.93. The quantitative estimate of drug-likeness (QED) is 0.776. The molecule has 0 aliphatic rings. The zero-order valence-electron chi connectivity index (χ0n) is 12.7. The van der Waals surface area contributed by atoms with Gasteiger partial charge in [-0.15, -0.1) is 5.10 Å². The van der Waals surface area contributed by atoms with E-state index in [4.69, 9.17) is 5.73 Å². The van der Waals surface area contributed by atoms with Gasteiger partial charge >= 0.3 is 0 Å². The van der Waals surface area contributed by atoms with Crippen molar-refractivity contribution in [2.45, 2.75) is 47.0 Å². The van der Waals surface area contributed by atoms with Gasteiger partial charge in [0.15, 0.2) is 0 Å². The van der Waals surface area contributed by atoms with Crippen LogP contribution in [0.5, 0.6) is 0 Å². The van der Waals surface area contributed by atoms with E-state index in [0.717, 1.165) is 49.7 Å². The lowest BCUT2D eigenvalue weighted by Crippen LogP contribution is -2.32. The molecule has 2 N–H and O–H groups in total. The average molecular weight is 265 g/mol. The van der Waals surface area contributed by atoms with Crippen LogP contribution in [-0.4, -0.2) is 34.8 Å². The molecule has 0 aliphatic carbocycles. The SMILES string of the molecule is CCc1nnc(N(CCCN)CC(C)C)nc1CC. The molecule has 1 aromatic heterocycles. The van der Waals surface area contributed by atoms with Gasteiger partial charge in [-0.1, -0.05) is 27.7 Å². The normalized spacial score (nSPS) is 11.1. The summed E-state index contributed by atoms with van der Waals surface area (Å²) in [5, 5.41) is 8.61. The van der Waals surface area contributed by atoms with Crippen LogP contribution in [0, 0.1) is 5.92 Å². The van der Waals surface area contributed by atoms with Gasteiger partial charge in [-0.2, -0.15) is 5.10 Å². The van der Waals surface area contributed by atoms with E-state index in [-0.39, 0.29) is 0 Å². The van der Waals surface area contributed by atoms with Crippen LogP contribution in [0.1, 0.15) is 45.5 Å². The van der Waals surface area contributed by atoms with Crippen molar-refractivity contribution < 1.29 is 0 Å². The third-order valence-corrected chi connectivity index (χ3v) is 3.00. The highest BCUT2D eigenvalue weighted by molar-refractivity contribution is 5.30. The van der Waals surface area contributed by atoms with E-state index in [1.54, 1.807) is 0 Å². The van der Waals surface area contributed by atoms with Gasteiger partial charge < -0.3 is 10.6 Å². The summed E-state index contributed by atoms with van der Waals surface area (Å²) in [4.78, 5) is 6.88. The Labute approximate surface area is 116 Å². The van der Waals surface area contributed by atoms with Gasteiger partial charge in [0.1, 0.15) is 0 Å². The average Bonchev–Trinajstić information content (AvgIpc) is 2.42. The Kier molecular flexibility index (Phi) is 6.70.